The SMILES string of the molecule is CC1=CSC(Br)N1Cc1cnc(C(=O)O)c(C(=O)O)c1. The minimum absolute atomic E-state index is 0.0786. The molecule has 1 unspecified atom stereocenters. The van der Waals surface area contributed by atoms with Crippen LogP contribution in [0, 0.1) is 0 Å². The van der Waals surface area contributed by atoms with Gasteiger partial charge in [-0.3, -0.25) is 0 Å². The molecule has 106 valence electrons. The van der Waals surface area contributed by atoms with Crippen molar-refractivity contribution >= 4 is 39.6 Å². The van der Waals surface area contributed by atoms with Crippen LogP contribution in [0.3, 0.4) is 0 Å². The quantitative estimate of drug-likeness (QED) is 0.631. The predicted octanol–water partition coefficient (Wildman–Crippen LogP) is 2.57. The lowest BCUT2D eigenvalue weighted by atomic mass is 10.1. The fourth-order valence-electron chi connectivity index (χ4n) is 1.78. The van der Waals surface area contributed by atoms with Crippen LogP contribution in [-0.2, 0) is 6.54 Å². The maximum absolute atomic E-state index is 11.1. The van der Waals surface area contributed by atoms with Gasteiger partial charge in [-0.1, -0.05) is 27.7 Å². The molecule has 1 aromatic rings. The van der Waals surface area contributed by atoms with Crippen LogP contribution in [0.1, 0.15) is 33.3 Å². The number of aromatic nitrogens is 1. The molecule has 20 heavy (non-hydrogen) atoms. The van der Waals surface area contributed by atoms with Crippen LogP contribution in [0.4, 0.5) is 0 Å². The molecule has 2 heterocycles. The highest BCUT2D eigenvalue weighted by atomic mass is 79.9. The highest BCUT2D eigenvalue weighted by Crippen LogP contribution is 2.35. The Kier molecular flexibility index (Phi) is 4.34. The summed E-state index contributed by atoms with van der Waals surface area (Å²) in [7, 11) is 0. The molecule has 2 rings (SSSR count). The molecule has 0 spiro atoms. The van der Waals surface area contributed by atoms with Crippen LogP contribution in [0.2, 0.25) is 0 Å². The van der Waals surface area contributed by atoms with E-state index in [1.54, 1.807) is 11.8 Å². The molecule has 0 amide bonds. The summed E-state index contributed by atoms with van der Waals surface area (Å²) in [4.78, 5) is 27.8. The van der Waals surface area contributed by atoms with Gasteiger partial charge in [-0.2, -0.15) is 0 Å². The Morgan fingerprint density at radius 3 is 2.65 bits per heavy atom. The lowest BCUT2D eigenvalue weighted by molar-refractivity contribution is 0.0646. The first kappa shape index (κ1) is 14.9. The number of rotatable bonds is 4. The number of carbonyl (C=O) groups is 2. The first-order chi connectivity index (χ1) is 9.40. The van der Waals surface area contributed by atoms with Crippen molar-refractivity contribution in [1.82, 2.24) is 9.88 Å². The van der Waals surface area contributed by atoms with E-state index in [2.05, 4.69) is 20.9 Å². The molecule has 0 aromatic carbocycles. The second-order valence-corrected chi connectivity index (χ2v) is 6.59. The van der Waals surface area contributed by atoms with Gasteiger partial charge >= 0.3 is 11.9 Å². The summed E-state index contributed by atoms with van der Waals surface area (Å²) in [5.41, 5.74) is 0.956. The van der Waals surface area contributed by atoms with Gasteiger partial charge in [0.15, 0.2) is 5.69 Å². The summed E-state index contributed by atoms with van der Waals surface area (Å²) in [5, 5.41) is 20.0. The van der Waals surface area contributed by atoms with E-state index in [9.17, 15) is 9.59 Å². The topological polar surface area (TPSA) is 90.7 Å². The number of carboxylic acids is 2. The van der Waals surface area contributed by atoms with E-state index in [4.69, 9.17) is 10.2 Å². The highest BCUT2D eigenvalue weighted by Gasteiger charge is 2.23. The fraction of sp³-hybridized carbons (Fsp3) is 0.250. The molecule has 1 atom stereocenters. The Balaban J connectivity index is 2.30. The smallest absolute Gasteiger partial charge is 0.355 e. The van der Waals surface area contributed by atoms with Gasteiger partial charge in [0, 0.05) is 18.4 Å². The molecule has 1 aromatic heterocycles. The van der Waals surface area contributed by atoms with E-state index < -0.39 is 17.6 Å². The van der Waals surface area contributed by atoms with Crippen molar-refractivity contribution in [3.8, 4) is 0 Å². The predicted molar refractivity (Wildman–Crippen MR) is 77.8 cm³/mol. The highest BCUT2D eigenvalue weighted by molar-refractivity contribution is 9.11. The van der Waals surface area contributed by atoms with Gasteiger partial charge in [-0.15, -0.1) is 0 Å². The Morgan fingerprint density at radius 1 is 1.45 bits per heavy atom. The second kappa shape index (κ2) is 5.84. The number of aromatic carboxylic acids is 2. The number of nitrogens with zero attached hydrogens (tertiary/aromatic N) is 2. The average molecular weight is 359 g/mol. The van der Waals surface area contributed by atoms with Crippen LogP contribution < -0.4 is 0 Å². The van der Waals surface area contributed by atoms with Crippen LogP contribution in [0.25, 0.3) is 0 Å². The zero-order valence-corrected chi connectivity index (χ0v) is 12.8. The maximum atomic E-state index is 11.1. The summed E-state index contributed by atoms with van der Waals surface area (Å²) in [6, 6.07) is 1.36. The van der Waals surface area contributed by atoms with Crippen molar-refractivity contribution in [1.29, 1.82) is 0 Å². The number of pyridine rings is 1. The minimum Gasteiger partial charge on any atom is -0.478 e. The number of hydrogen-bond donors (Lipinski definition) is 2. The third kappa shape index (κ3) is 2.96. The zero-order chi connectivity index (χ0) is 14.9. The van der Waals surface area contributed by atoms with Crippen LogP contribution in [0.15, 0.2) is 23.4 Å². The maximum Gasteiger partial charge on any atom is 0.355 e. The van der Waals surface area contributed by atoms with Gasteiger partial charge in [-0.05, 0) is 24.0 Å². The Morgan fingerprint density at radius 2 is 2.15 bits per heavy atom. The van der Waals surface area contributed by atoms with Crippen molar-refractivity contribution < 1.29 is 19.8 Å². The molecule has 6 nitrogen and oxygen atoms in total. The average Bonchev–Trinajstić information content (AvgIpc) is 2.70. The molecule has 2 N–H and O–H groups in total. The molecular weight excluding hydrogens is 348 g/mol. The lowest BCUT2D eigenvalue weighted by Crippen LogP contribution is -2.23. The molecule has 0 saturated carbocycles. The van der Waals surface area contributed by atoms with Crippen molar-refractivity contribution in [3.05, 3.63) is 40.2 Å². The monoisotopic (exact) mass is 358 g/mol. The summed E-state index contributed by atoms with van der Waals surface area (Å²) in [5.74, 6) is -2.64. The number of halogens is 1. The van der Waals surface area contributed by atoms with Crippen LogP contribution in [-0.4, -0.2) is 36.3 Å². The van der Waals surface area contributed by atoms with E-state index >= 15 is 0 Å². The van der Waals surface area contributed by atoms with Gasteiger partial charge < -0.3 is 15.1 Å². The van der Waals surface area contributed by atoms with Crippen molar-refractivity contribution in [2.45, 2.75) is 17.8 Å². The van der Waals surface area contributed by atoms with E-state index in [1.807, 2.05) is 17.2 Å². The summed E-state index contributed by atoms with van der Waals surface area (Å²) < 4.78 is 0.0786. The number of carboxylic acid groups (broad SMARTS) is 2. The summed E-state index contributed by atoms with van der Waals surface area (Å²) >= 11 is 5.09. The van der Waals surface area contributed by atoms with E-state index in [-0.39, 0.29) is 9.85 Å². The van der Waals surface area contributed by atoms with E-state index in [0.29, 0.717) is 12.1 Å². The summed E-state index contributed by atoms with van der Waals surface area (Å²) in [6.07, 6.45) is 1.39. The molecule has 0 aliphatic carbocycles. The molecule has 0 radical (unpaired) electrons. The first-order valence-corrected chi connectivity index (χ1v) is 7.44. The number of hydrogen-bond acceptors (Lipinski definition) is 5. The fourth-order valence-corrected chi connectivity index (χ4v) is 3.40. The molecule has 1 aliphatic heterocycles. The molecule has 1 aliphatic rings. The van der Waals surface area contributed by atoms with Crippen molar-refractivity contribution in [3.63, 3.8) is 0 Å². The normalized spacial score (nSPS) is 18.0. The zero-order valence-electron chi connectivity index (χ0n) is 10.4. The summed E-state index contributed by atoms with van der Waals surface area (Å²) in [6.45, 7) is 2.41. The number of allylic oxidation sites excluding steroid dienone is 1. The molecular formula is C12H11BrN2O4S. The standard InChI is InChI=1S/C12H11BrN2O4S/c1-6-5-20-12(13)15(6)4-7-2-8(10(16)17)9(11(18)19)14-3-7/h2-3,5,12H,4H2,1H3,(H,16,17)(H,18,19). The third-order valence-corrected chi connectivity index (χ3v) is 4.88. The van der Waals surface area contributed by atoms with Gasteiger partial charge in [0.2, 0.25) is 0 Å². The number of alkyl halides is 1. The lowest BCUT2D eigenvalue weighted by Gasteiger charge is -2.23. The van der Waals surface area contributed by atoms with E-state index in [0.717, 1.165) is 5.70 Å². The minimum atomic E-state index is -1.35. The number of thioether (sulfide) groups is 1. The molecule has 0 bridgehead atoms. The molecule has 8 heteroatoms. The van der Waals surface area contributed by atoms with Gasteiger partial charge in [0.05, 0.1) is 5.56 Å². The van der Waals surface area contributed by atoms with E-state index in [1.165, 1.54) is 12.3 Å². The van der Waals surface area contributed by atoms with Crippen molar-refractivity contribution in [2.24, 2.45) is 0 Å². The first-order valence-electron chi connectivity index (χ1n) is 5.58. The van der Waals surface area contributed by atoms with Crippen LogP contribution in [0.5, 0.6) is 0 Å². The van der Waals surface area contributed by atoms with Crippen molar-refractivity contribution in [2.75, 3.05) is 0 Å². The molecule has 0 saturated heterocycles. The molecule has 0 fully saturated rings. The van der Waals surface area contributed by atoms with Crippen LogP contribution >= 0.6 is 27.7 Å². The van der Waals surface area contributed by atoms with Gasteiger partial charge in [0.1, 0.15) is 4.28 Å². The third-order valence-electron chi connectivity index (χ3n) is 2.78. The Labute approximate surface area is 127 Å². The van der Waals surface area contributed by atoms with Gasteiger partial charge in [-0.25, -0.2) is 14.6 Å². The Bertz CT molecular complexity index is 605. The second-order valence-electron chi connectivity index (χ2n) is 4.17. The Hall–Kier alpha value is -1.54. The largest absolute Gasteiger partial charge is 0.478 e. The van der Waals surface area contributed by atoms with Gasteiger partial charge in [0.25, 0.3) is 0 Å².